The summed E-state index contributed by atoms with van der Waals surface area (Å²) in [6.45, 7) is 5.48. The van der Waals surface area contributed by atoms with Crippen molar-refractivity contribution >= 4 is 11.6 Å². The molecular weight excluding hydrogens is 404 g/mol. The second-order valence-corrected chi connectivity index (χ2v) is 8.13. The number of Topliss-reactive ketones (excluding diaryl/α,β-unsaturated/α-hetero) is 2. The predicted molar refractivity (Wildman–Crippen MR) is 123 cm³/mol. The van der Waals surface area contributed by atoms with E-state index in [1.165, 1.54) is 5.56 Å². The number of carbonyl (C=O) groups is 2. The van der Waals surface area contributed by atoms with Crippen molar-refractivity contribution in [3.63, 3.8) is 0 Å². The van der Waals surface area contributed by atoms with Crippen LogP contribution in [0, 0.1) is 17.8 Å². The minimum absolute atomic E-state index is 0.0150. The summed E-state index contributed by atoms with van der Waals surface area (Å²) in [4.78, 5) is 26.7. The first kappa shape index (κ1) is 23.8. The number of rotatable bonds is 8. The molecular formula is C26H30N2O4. The molecule has 0 unspecified atom stereocenters. The largest absolute Gasteiger partial charge is 0.389 e. The van der Waals surface area contributed by atoms with Crippen molar-refractivity contribution in [2.24, 2.45) is 11.7 Å². The molecule has 0 saturated carbocycles. The van der Waals surface area contributed by atoms with Gasteiger partial charge >= 0.3 is 0 Å². The van der Waals surface area contributed by atoms with Crippen LogP contribution in [0.15, 0.2) is 48.5 Å². The number of nitrogens with zero attached hydrogens (tertiary/aromatic N) is 1. The summed E-state index contributed by atoms with van der Waals surface area (Å²) in [7, 11) is 0. The van der Waals surface area contributed by atoms with Crippen LogP contribution in [-0.2, 0) is 16.1 Å². The van der Waals surface area contributed by atoms with E-state index in [0.29, 0.717) is 5.56 Å². The van der Waals surface area contributed by atoms with Crippen LogP contribution in [0.2, 0.25) is 0 Å². The second-order valence-electron chi connectivity index (χ2n) is 8.13. The summed E-state index contributed by atoms with van der Waals surface area (Å²) in [5.74, 6) is 5.00. The average Bonchev–Trinajstić information content (AvgIpc) is 2.82. The van der Waals surface area contributed by atoms with Crippen molar-refractivity contribution in [3.05, 3.63) is 70.8 Å². The number of ketones is 2. The number of aliphatic hydroxyl groups is 1. The van der Waals surface area contributed by atoms with Crippen LogP contribution in [-0.4, -0.2) is 60.5 Å². The standard InChI is InChI=1S/C26H30N2O4/c1-19(27)24(26(31)18-29)16-25(30)23-10-8-21(9-11-23)3-2-20-4-6-22(7-5-20)17-28-12-14-32-15-13-28/h4-11,19,24,29H,12-18,27H2,1H3/t19-,24-/m0/s1. The number of hydrogen-bond acceptors (Lipinski definition) is 6. The second kappa shape index (κ2) is 11.7. The van der Waals surface area contributed by atoms with Gasteiger partial charge in [0.1, 0.15) is 6.61 Å². The van der Waals surface area contributed by atoms with Crippen LogP contribution in [0.5, 0.6) is 0 Å². The summed E-state index contributed by atoms with van der Waals surface area (Å²) in [5, 5.41) is 9.08. The van der Waals surface area contributed by atoms with Gasteiger partial charge in [-0.3, -0.25) is 14.5 Å². The zero-order valence-electron chi connectivity index (χ0n) is 18.4. The van der Waals surface area contributed by atoms with Crippen LogP contribution in [0.3, 0.4) is 0 Å². The Balaban J connectivity index is 1.58. The van der Waals surface area contributed by atoms with Gasteiger partial charge < -0.3 is 15.6 Å². The minimum Gasteiger partial charge on any atom is -0.389 e. The lowest BCUT2D eigenvalue weighted by Gasteiger charge is -2.26. The number of ether oxygens (including phenoxy) is 1. The SMILES string of the molecule is C[C@H](N)[C@H](CC(=O)c1ccc(C#Cc2ccc(CN3CCOCC3)cc2)cc1)C(=O)CO. The number of morpholine rings is 1. The molecule has 6 heteroatoms. The fourth-order valence-electron chi connectivity index (χ4n) is 3.62. The predicted octanol–water partition coefficient (Wildman–Crippen LogP) is 2.02. The van der Waals surface area contributed by atoms with Crippen molar-refractivity contribution < 1.29 is 19.4 Å². The lowest BCUT2D eigenvalue weighted by Crippen LogP contribution is -2.36. The van der Waals surface area contributed by atoms with Crippen LogP contribution in [0.25, 0.3) is 0 Å². The first-order chi connectivity index (χ1) is 15.5. The van der Waals surface area contributed by atoms with E-state index >= 15 is 0 Å². The van der Waals surface area contributed by atoms with Gasteiger partial charge in [0.2, 0.25) is 0 Å². The van der Waals surface area contributed by atoms with E-state index in [4.69, 9.17) is 15.6 Å². The van der Waals surface area contributed by atoms with Crippen LogP contribution >= 0.6 is 0 Å². The molecule has 2 aromatic rings. The van der Waals surface area contributed by atoms with Gasteiger partial charge in [-0.1, -0.05) is 36.1 Å². The Morgan fingerprint density at radius 1 is 1.03 bits per heavy atom. The van der Waals surface area contributed by atoms with E-state index in [-0.39, 0.29) is 12.2 Å². The number of carbonyl (C=O) groups excluding carboxylic acids is 2. The summed E-state index contributed by atoms with van der Waals surface area (Å²) in [5.41, 5.74) is 9.29. The van der Waals surface area contributed by atoms with Crippen molar-refractivity contribution in [1.82, 2.24) is 4.90 Å². The molecule has 0 spiro atoms. The fraction of sp³-hybridized carbons (Fsp3) is 0.385. The Morgan fingerprint density at radius 2 is 1.59 bits per heavy atom. The molecule has 32 heavy (non-hydrogen) atoms. The Hall–Kier alpha value is -2.82. The highest BCUT2D eigenvalue weighted by Gasteiger charge is 2.25. The average molecular weight is 435 g/mol. The molecule has 1 fully saturated rings. The van der Waals surface area contributed by atoms with Crippen molar-refractivity contribution in [2.75, 3.05) is 32.9 Å². The van der Waals surface area contributed by atoms with Gasteiger partial charge in [0.05, 0.1) is 13.2 Å². The van der Waals surface area contributed by atoms with Gasteiger partial charge in [0.15, 0.2) is 11.6 Å². The van der Waals surface area contributed by atoms with E-state index in [0.717, 1.165) is 44.0 Å². The van der Waals surface area contributed by atoms with E-state index in [1.54, 1.807) is 31.2 Å². The van der Waals surface area contributed by atoms with Gasteiger partial charge in [0.25, 0.3) is 0 Å². The zero-order valence-corrected chi connectivity index (χ0v) is 18.4. The minimum atomic E-state index is -0.682. The number of benzene rings is 2. The van der Waals surface area contributed by atoms with Crippen molar-refractivity contribution in [1.29, 1.82) is 0 Å². The molecule has 3 rings (SSSR count). The molecule has 168 valence electrons. The third-order valence-electron chi connectivity index (χ3n) is 5.63. The summed E-state index contributed by atoms with van der Waals surface area (Å²) >= 11 is 0. The first-order valence-corrected chi connectivity index (χ1v) is 10.9. The van der Waals surface area contributed by atoms with E-state index in [2.05, 4.69) is 28.9 Å². The van der Waals surface area contributed by atoms with Crippen LogP contribution in [0.4, 0.5) is 0 Å². The normalized spacial score (nSPS) is 16.0. The van der Waals surface area contributed by atoms with Gasteiger partial charge in [-0.05, 0) is 36.8 Å². The van der Waals surface area contributed by atoms with Crippen LogP contribution in [0.1, 0.15) is 40.4 Å². The van der Waals surface area contributed by atoms with E-state index in [1.807, 2.05) is 12.1 Å². The fourth-order valence-corrected chi connectivity index (χ4v) is 3.62. The Labute approximate surface area is 189 Å². The molecule has 0 bridgehead atoms. The molecule has 1 heterocycles. The smallest absolute Gasteiger partial charge is 0.163 e. The zero-order chi connectivity index (χ0) is 22.9. The van der Waals surface area contributed by atoms with E-state index in [9.17, 15) is 9.59 Å². The quantitative estimate of drug-likeness (QED) is 0.488. The maximum absolute atomic E-state index is 12.5. The highest BCUT2D eigenvalue weighted by Crippen LogP contribution is 2.15. The Bertz CT molecular complexity index is 966. The summed E-state index contributed by atoms with van der Waals surface area (Å²) < 4.78 is 5.38. The molecule has 1 aliphatic rings. The van der Waals surface area contributed by atoms with Gasteiger partial charge in [-0.15, -0.1) is 0 Å². The molecule has 0 aliphatic carbocycles. The number of hydrogen-bond donors (Lipinski definition) is 2. The molecule has 3 N–H and O–H groups in total. The monoisotopic (exact) mass is 434 g/mol. The summed E-state index contributed by atoms with van der Waals surface area (Å²) in [6, 6.07) is 14.7. The molecule has 1 saturated heterocycles. The van der Waals surface area contributed by atoms with Gasteiger partial charge in [-0.25, -0.2) is 0 Å². The lowest BCUT2D eigenvalue weighted by atomic mass is 9.89. The van der Waals surface area contributed by atoms with Crippen LogP contribution < -0.4 is 5.73 Å². The Morgan fingerprint density at radius 3 is 2.12 bits per heavy atom. The van der Waals surface area contributed by atoms with Crippen molar-refractivity contribution in [2.45, 2.75) is 25.9 Å². The molecule has 2 aromatic carbocycles. The lowest BCUT2D eigenvalue weighted by molar-refractivity contribution is -0.126. The summed E-state index contributed by atoms with van der Waals surface area (Å²) in [6.07, 6.45) is -0.0150. The molecule has 2 atom stereocenters. The van der Waals surface area contributed by atoms with Gasteiger partial charge in [0, 0.05) is 54.7 Å². The Kier molecular flexibility index (Phi) is 8.72. The number of aliphatic hydroxyl groups excluding tert-OH is 1. The highest BCUT2D eigenvalue weighted by atomic mass is 16.5. The third-order valence-corrected chi connectivity index (χ3v) is 5.63. The molecule has 6 nitrogen and oxygen atoms in total. The topological polar surface area (TPSA) is 92.9 Å². The van der Waals surface area contributed by atoms with Gasteiger partial charge in [-0.2, -0.15) is 0 Å². The van der Waals surface area contributed by atoms with E-state index < -0.39 is 24.3 Å². The number of nitrogens with two attached hydrogens (primary N) is 1. The molecule has 1 aliphatic heterocycles. The third kappa shape index (κ3) is 6.84. The van der Waals surface area contributed by atoms with Crippen molar-refractivity contribution in [3.8, 4) is 11.8 Å². The maximum Gasteiger partial charge on any atom is 0.163 e. The first-order valence-electron chi connectivity index (χ1n) is 10.9. The highest BCUT2D eigenvalue weighted by molar-refractivity contribution is 5.99. The molecule has 0 aromatic heterocycles. The maximum atomic E-state index is 12.5. The molecule has 0 amide bonds. The molecule has 0 radical (unpaired) electrons.